The molecule has 1 heterocycles. The number of nitrogens with zero attached hydrogens (tertiary/aromatic N) is 1. The van der Waals surface area contributed by atoms with Crippen molar-refractivity contribution in [3.05, 3.63) is 29.1 Å². The number of rotatable bonds is 2. The van der Waals surface area contributed by atoms with E-state index in [4.69, 9.17) is 0 Å². The fourth-order valence-corrected chi connectivity index (χ4v) is 1.72. The fourth-order valence-electron chi connectivity index (χ4n) is 1.72. The summed E-state index contributed by atoms with van der Waals surface area (Å²) in [5.74, 6) is 1.15. The highest BCUT2D eigenvalue weighted by molar-refractivity contribution is 5.34. The van der Waals surface area contributed by atoms with Crippen LogP contribution in [0.15, 0.2) is 12.4 Å². The third-order valence-electron chi connectivity index (χ3n) is 2.54. The number of pyridine rings is 1. The van der Waals surface area contributed by atoms with Gasteiger partial charge in [0.25, 0.3) is 0 Å². The van der Waals surface area contributed by atoms with Crippen LogP contribution in [0, 0.1) is 6.92 Å². The lowest BCUT2D eigenvalue weighted by atomic mass is 9.92. The minimum Gasteiger partial charge on any atom is -0.264 e. The number of hydrogen-bond donors (Lipinski definition) is 0. The summed E-state index contributed by atoms with van der Waals surface area (Å²) in [7, 11) is 0. The topological polar surface area (TPSA) is 12.9 Å². The first-order valence-electron chi connectivity index (χ1n) is 4.98. The van der Waals surface area contributed by atoms with E-state index in [1.54, 1.807) is 0 Å². The highest BCUT2D eigenvalue weighted by atomic mass is 14.6. The zero-order chi connectivity index (χ0) is 10.0. The van der Waals surface area contributed by atoms with Gasteiger partial charge in [-0.25, -0.2) is 0 Å². The van der Waals surface area contributed by atoms with Gasteiger partial charge in [0.15, 0.2) is 0 Å². The molecule has 0 N–H and O–H groups in total. The Labute approximate surface area is 81.2 Å². The van der Waals surface area contributed by atoms with Crippen LogP contribution in [-0.4, -0.2) is 4.98 Å². The van der Waals surface area contributed by atoms with Crippen molar-refractivity contribution in [2.75, 3.05) is 0 Å². The average Bonchev–Trinajstić information content (AvgIpc) is 2.03. The second-order valence-corrected chi connectivity index (χ2v) is 4.25. The molecule has 0 radical (unpaired) electrons. The van der Waals surface area contributed by atoms with Gasteiger partial charge >= 0.3 is 0 Å². The summed E-state index contributed by atoms with van der Waals surface area (Å²) in [6, 6.07) is 0. The number of aromatic nitrogens is 1. The van der Waals surface area contributed by atoms with Crippen LogP contribution in [0.5, 0.6) is 0 Å². The molecule has 1 aromatic heterocycles. The molecule has 1 nitrogen and oxygen atoms in total. The van der Waals surface area contributed by atoms with E-state index in [2.05, 4.69) is 39.6 Å². The second-order valence-electron chi connectivity index (χ2n) is 4.25. The largest absolute Gasteiger partial charge is 0.264 e. The molecule has 72 valence electrons. The van der Waals surface area contributed by atoms with Crippen LogP contribution >= 0.6 is 0 Å². The molecule has 0 unspecified atom stereocenters. The van der Waals surface area contributed by atoms with Gasteiger partial charge in [0.1, 0.15) is 0 Å². The van der Waals surface area contributed by atoms with E-state index in [1.807, 2.05) is 12.4 Å². The van der Waals surface area contributed by atoms with Gasteiger partial charge in [-0.3, -0.25) is 4.98 Å². The Hall–Kier alpha value is -0.850. The monoisotopic (exact) mass is 177 g/mol. The average molecular weight is 177 g/mol. The van der Waals surface area contributed by atoms with Gasteiger partial charge < -0.3 is 0 Å². The van der Waals surface area contributed by atoms with Crippen LogP contribution in [0.1, 0.15) is 56.2 Å². The molecule has 0 aliphatic heterocycles. The molecular weight excluding hydrogens is 158 g/mol. The van der Waals surface area contributed by atoms with Crippen LogP contribution in [0.3, 0.4) is 0 Å². The van der Waals surface area contributed by atoms with Gasteiger partial charge in [0, 0.05) is 12.4 Å². The van der Waals surface area contributed by atoms with E-state index in [0.29, 0.717) is 11.8 Å². The lowest BCUT2D eigenvalue weighted by Crippen LogP contribution is -2.00. The van der Waals surface area contributed by atoms with Gasteiger partial charge in [-0.05, 0) is 35.4 Å². The van der Waals surface area contributed by atoms with E-state index < -0.39 is 0 Å². The van der Waals surface area contributed by atoms with Gasteiger partial charge in [0.2, 0.25) is 0 Å². The maximum absolute atomic E-state index is 4.29. The molecule has 0 atom stereocenters. The molecule has 0 saturated heterocycles. The molecule has 13 heavy (non-hydrogen) atoms. The Kier molecular flexibility index (Phi) is 3.07. The summed E-state index contributed by atoms with van der Waals surface area (Å²) in [5.41, 5.74) is 4.18. The molecule has 0 aliphatic carbocycles. The lowest BCUT2D eigenvalue weighted by molar-refractivity contribution is 0.803. The zero-order valence-electron chi connectivity index (χ0n) is 9.26. The lowest BCUT2D eigenvalue weighted by Gasteiger charge is -2.15. The third-order valence-corrected chi connectivity index (χ3v) is 2.54. The predicted octanol–water partition coefficient (Wildman–Crippen LogP) is 3.64. The smallest absolute Gasteiger partial charge is 0.0305 e. The predicted molar refractivity (Wildman–Crippen MR) is 57.2 cm³/mol. The standard InChI is InChI=1S/C12H19N/c1-8(2)11-6-13-7-12(9(3)4)10(11)5/h6-9H,1-5H3. The summed E-state index contributed by atoms with van der Waals surface area (Å²) < 4.78 is 0. The minimum atomic E-state index is 0.575. The first-order chi connectivity index (χ1) is 6.04. The van der Waals surface area contributed by atoms with Crippen molar-refractivity contribution >= 4 is 0 Å². The Morgan fingerprint density at radius 3 is 1.62 bits per heavy atom. The maximum atomic E-state index is 4.29. The molecule has 1 heteroatoms. The van der Waals surface area contributed by atoms with Crippen molar-refractivity contribution in [1.29, 1.82) is 0 Å². The minimum absolute atomic E-state index is 0.575. The summed E-state index contributed by atoms with van der Waals surface area (Å²) >= 11 is 0. The summed E-state index contributed by atoms with van der Waals surface area (Å²) in [4.78, 5) is 4.29. The van der Waals surface area contributed by atoms with Crippen LogP contribution in [0.2, 0.25) is 0 Å². The molecule has 0 fully saturated rings. The Morgan fingerprint density at radius 1 is 0.923 bits per heavy atom. The Bertz CT molecular complexity index is 261. The molecule has 0 aromatic carbocycles. The quantitative estimate of drug-likeness (QED) is 0.672. The first kappa shape index (κ1) is 10.2. The molecule has 1 rings (SSSR count). The van der Waals surface area contributed by atoms with Crippen molar-refractivity contribution in [3.63, 3.8) is 0 Å². The summed E-state index contributed by atoms with van der Waals surface area (Å²) in [6.45, 7) is 11.1. The number of hydrogen-bond acceptors (Lipinski definition) is 1. The van der Waals surface area contributed by atoms with Gasteiger partial charge in [-0.15, -0.1) is 0 Å². The van der Waals surface area contributed by atoms with Gasteiger partial charge in [-0.1, -0.05) is 27.7 Å². The molecule has 0 amide bonds. The Balaban J connectivity index is 3.18. The van der Waals surface area contributed by atoms with E-state index in [-0.39, 0.29) is 0 Å². The molecule has 0 spiro atoms. The zero-order valence-corrected chi connectivity index (χ0v) is 9.26. The molecule has 0 bridgehead atoms. The summed E-state index contributed by atoms with van der Waals surface area (Å²) in [6.07, 6.45) is 3.98. The third kappa shape index (κ3) is 2.09. The first-order valence-corrected chi connectivity index (χ1v) is 4.98. The second kappa shape index (κ2) is 3.91. The molecule has 0 aliphatic rings. The van der Waals surface area contributed by atoms with Crippen molar-refractivity contribution in [2.45, 2.75) is 46.5 Å². The van der Waals surface area contributed by atoms with Crippen LogP contribution in [0.25, 0.3) is 0 Å². The van der Waals surface area contributed by atoms with Crippen LogP contribution in [-0.2, 0) is 0 Å². The van der Waals surface area contributed by atoms with Gasteiger partial charge in [0.05, 0.1) is 0 Å². The molecular formula is C12H19N. The van der Waals surface area contributed by atoms with Crippen LogP contribution in [0.4, 0.5) is 0 Å². The van der Waals surface area contributed by atoms with E-state index >= 15 is 0 Å². The van der Waals surface area contributed by atoms with Crippen molar-refractivity contribution in [2.24, 2.45) is 0 Å². The van der Waals surface area contributed by atoms with E-state index in [9.17, 15) is 0 Å². The molecule has 1 aromatic rings. The SMILES string of the molecule is Cc1c(C(C)C)cncc1C(C)C. The van der Waals surface area contributed by atoms with Crippen molar-refractivity contribution < 1.29 is 0 Å². The van der Waals surface area contributed by atoms with Crippen molar-refractivity contribution in [1.82, 2.24) is 4.98 Å². The van der Waals surface area contributed by atoms with Crippen LogP contribution < -0.4 is 0 Å². The van der Waals surface area contributed by atoms with E-state index in [0.717, 1.165) is 0 Å². The maximum Gasteiger partial charge on any atom is 0.0305 e. The Morgan fingerprint density at radius 2 is 1.31 bits per heavy atom. The van der Waals surface area contributed by atoms with Crippen molar-refractivity contribution in [3.8, 4) is 0 Å². The molecule has 0 saturated carbocycles. The highest BCUT2D eigenvalue weighted by Crippen LogP contribution is 2.25. The van der Waals surface area contributed by atoms with E-state index in [1.165, 1.54) is 16.7 Å². The highest BCUT2D eigenvalue weighted by Gasteiger charge is 2.09. The fraction of sp³-hybridized carbons (Fsp3) is 0.583. The van der Waals surface area contributed by atoms with Gasteiger partial charge in [-0.2, -0.15) is 0 Å². The normalized spacial score (nSPS) is 11.3. The summed E-state index contributed by atoms with van der Waals surface area (Å²) in [5, 5.41) is 0.